The van der Waals surface area contributed by atoms with Gasteiger partial charge in [0.2, 0.25) is 5.17 Å². The highest BCUT2D eigenvalue weighted by Crippen LogP contribution is 2.31. The van der Waals surface area contributed by atoms with Crippen LogP contribution in [0.1, 0.15) is 62.1 Å². The van der Waals surface area contributed by atoms with E-state index in [1.807, 2.05) is 12.1 Å². The summed E-state index contributed by atoms with van der Waals surface area (Å²) in [5.41, 5.74) is 4.70. The first-order valence-corrected chi connectivity index (χ1v) is 13.5. The van der Waals surface area contributed by atoms with Crippen LogP contribution in [0, 0.1) is 12.3 Å². The topological polar surface area (TPSA) is 73.8 Å². The number of hydrazone groups is 1. The minimum absolute atomic E-state index is 0.0917. The maximum Gasteiger partial charge on any atom is 0.283 e. The van der Waals surface area contributed by atoms with E-state index in [0.717, 1.165) is 40.9 Å². The number of fused-ring (bicyclic) bond motifs is 2. The molecule has 1 amide bonds. The number of hydrogen-bond acceptors (Lipinski definition) is 4. The summed E-state index contributed by atoms with van der Waals surface area (Å²) in [5, 5.41) is 17.4. The van der Waals surface area contributed by atoms with Crippen molar-refractivity contribution in [3.8, 4) is 0 Å². The van der Waals surface area contributed by atoms with Crippen molar-refractivity contribution in [2.45, 2.75) is 58.9 Å². The van der Waals surface area contributed by atoms with Crippen LogP contribution in [-0.4, -0.2) is 31.5 Å². The first-order chi connectivity index (χ1) is 17.5. The predicted molar refractivity (Wildman–Crippen MR) is 151 cm³/mol. The lowest BCUT2D eigenvalue weighted by molar-refractivity contribution is -0.114. The zero-order valence-corrected chi connectivity index (χ0v) is 21.6. The fraction of sp³-hybridized carbons (Fsp3) is 0.310. The number of aromatic nitrogens is 1. The number of benzene rings is 2. The Bertz CT molecular complexity index is 1410. The van der Waals surface area contributed by atoms with Crippen LogP contribution >= 0.6 is 11.8 Å². The number of aryl methyl sites for hydroxylation is 1. The molecule has 0 unspecified atom stereocenters. The molecule has 3 aromatic rings. The third-order valence-corrected chi connectivity index (χ3v) is 7.51. The van der Waals surface area contributed by atoms with E-state index in [1.165, 1.54) is 53.6 Å². The molecule has 36 heavy (non-hydrogen) atoms. The smallest absolute Gasteiger partial charge is 0.283 e. The number of amides is 1. The Balaban J connectivity index is 1.40. The van der Waals surface area contributed by atoms with Crippen molar-refractivity contribution in [2.24, 2.45) is 10.1 Å². The summed E-state index contributed by atoms with van der Waals surface area (Å²) in [4.78, 5) is 17.2. The lowest BCUT2D eigenvalue weighted by atomic mass is 10.1. The van der Waals surface area contributed by atoms with E-state index in [0.29, 0.717) is 5.17 Å². The number of amidine groups is 2. The monoisotopic (exact) mass is 497 g/mol. The van der Waals surface area contributed by atoms with Crippen LogP contribution < -0.4 is 0 Å². The Kier molecular flexibility index (Phi) is 7.18. The molecular formula is C29H31N5OS. The van der Waals surface area contributed by atoms with Crippen LogP contribution in [0.3, 0.4) is 0 Å². The number of carbonyl (C=O) groups excluding carboxylic acids is 1. The summed E-state index contributed by atoms with van der Waals surface area (Å²) in [6.45, 7) is 5.04. The van der Waals surface area contributed by atoms with Gasteiger partial charge in [-0.15, -0.1) is 0 Å². The van der Waals surface area contributed by atoms with E-state index in [4.69, 9.17) is 5.41 Å². The number of rotatable bonds is 9. The van der Waals surface area contributed by atoms with Gasteiger partial charge in [-0.3, -0.25) is 10.2 Å². The van der Waals surface area contributed by atoms with Crippen LogP contribution in [0.2, 0.25) is 0 Å². The standard InChI is InChI=1S/C29H31N5OS/c1-3-4-5-6-7-15-26-32-34-27(30)24(28(35)31-29(34)36-26)17-22-19-33(25-14-9-8-13-23(22)25)18-21-12-10-11-20(2)16-21/h8-14,16-17,19,30H,3-7,15,18H2,1-2H3/b24-17-,30-27?. The highest BCUT2D eigenvalue weighted by atomic mass is 32.2. The molecule has 1 aromatic heterocycles. The van der Waals surface area contributed by atoms with E-state index in [-0.39, 0.29) is 17.3 Å². The van der Waals surface area contributed by atoms with Gasteiger partial charge < -0.3 is 4.57 Å². The lowest BCUT2D eigenvalue weighted by Gasteiger charge is -2.20. The molecule has 1 N–H and O–H groups in total. The summed E-state index contributed by atoms with van der Waals surface area (Å²) in [5.74, 6) is -0.289. The minimum atomic E-state index is -0.381. The zero-order valence-electron chi connectivity index (χ0n) is 20.8. The van der Waals surface area contributed by atoms with Crippen molar-refractivity contribution < 1.29 is 4.79 Å². The molecule has 2 aliphatic rings. The Labute approximate surface area is 216 Å². The van der Waals surface area contributed by atoms with Crippen LogP contribution in [0.25, 0.3) is 17.0 Å². The minimum Gasteiger partial charge on any atom is -0.342 e. The van der Waals surface area contributed by atoms with Gasteiger partial charge in [0.05, 0.1) is 5.57 Å². The van der Waals surface area contributed by atoms with Gasteiger partial charge in [0.15, 0.2) is 5.84 Å². The SMILES string of the molecule is CCCCCCCC1=NN2C(=N)/C(=C/c3cn(Cc4cccc(C)c4)c4ccccc34)C(=O)N=C2S1. The number of nitrogens with zero attached hydrogens (tertiary/aromatic N) is 4. The van der Waals surface area contributed by atoms with Gasteiger partial charge in [-0.1, -0.05) is 80.6 Å². The largest absolute Gasteiger partial charge is 0.342 e. The van der Waals surface area contributed by atoms with Crippen LogP contribution in [-0.2, 0) is 11.3 Å². The second-order valence-corrected chi connectivity index (χ2v) is 10.4. The summed E-state index contributed by atoms with van der Waals surface area (Å²) in [6, 6.07) is 16.7. The van der Waals surface area contributed by atoms with Crippen molar-refractivity contribution in [1.29, 1.82) is 5.41 Å². The molecule has 0 bridgehead atoms. The van der Waals surface area contributed by atoms with Crippen molar-refractivity contribution >= 4 is 50.7 Å². The molecule has 0 radical (unpaired) electrons. The van der Waals surface area contributed by atoms with Gasteiger partial charge in [0.1, 0.15) is 5.04 Å². The summed E-state index contributed by atoms with van der Waals surface area (Å²) < 4.78 is 2.20. The fourth-order valence-corrected chi connectivity index (χ4v) is 5.62. The van der Waals surface area contributed by atoms with Crippen LogP contribution in [0.4, 0.5) is 0 Å². The van der Waals surface area contributed by atoms with E-state index < -0.39 is 0 Å². The summed E-state index contributed by atoms with van der Waals surface area (Å²) in [7, 11) is 0. The van der Waals surface area contributed by atoms with Gasteiger partial charge in [-0.2, -0.15) is 15.1 Å². The highest BCUT2D eigenvalue weighted by Gasteiger charge is 2.35. The molecule has 184 valence electrons. The molecule has 7 heteroatoms. The second-order valence-electron chi connectivity index (χ2n) is 9.40. The second kappa shape index (κ2) is 10.7. The van der Waals surface area contributed by atoms with Crippen LogP contribution in [0.15, 0.2) is 70.4 Å². The summed E-state index contributed by atoms with van der Waals surface area (Å²) >= 11 is 1.42. The van der Waals surface area contributed by atoms with E-state index in [2.05, 4.69) is 71.1 Å². The molecule has 0 saturated carbocycles. The molecule has 2 aromatic carbocycles. The maximum atomic E-state index is 13.0. The zero-order chi connectivity index (χ0) is 25.1. The number of nitrogens with one attached hydrogen (secondary N) is 1. The van der Waals surface area contributed by atoms with Gasteiger partial charge in [-0.25, -0.2) is 0 Å². The first kappa shape index (κ1) is 24.3. The Morgan fingerprint density at radius 3 is 2.72 bits per heavy atom. The fourth-order valence-electron chi connectivity index (χ4n) is 4.70. The van der Waals surface area contributed by atoms with Gasteiger partial charge in [0.25, 0.3) is 5.91 Å². The molecule has 2 aliphatic heterocycles. The van der Waals surface area contributed by atoms with Crippen molar-refractivity contribution in [3.05, 3.63) is 77.0 Å². The molecule has 5 rings (SSSR count). The number of carbonyl (C=O) groups is 1. The number of para-hydroxylation sites is 1. The Morgan fingerprint density at radius 1 is 1.06 bits per heavy atom. The van der Waals surface area contributed by atoms with E-state index in [1.54, 1.807) is 6.08 Å². The molecular weight excluding hydrogens is 466 g/mol. The molecule has 0 spiro atoms. The molecule has 0 saturated heterocycles. The summed E-state index contributed by atoms with van der Waals surface area (Å²) in [6.07, 6.45) is 10.7. The third kappa shape index (κ3) is 5.07. The third-order valence-electron chi connectivity index (χ3n) is 6.55. The number of hydrogen-bond donors (Lipinski definition) is 1. The van der Waals surface area contributed by atoms with Gasteiger partial charge >= 0.3 is 0 Å². The highest BCUT2D eigenvalue weighted by molar-refractivity contribution is 8.26. The van der Waals surface area contributed by atoms with Gasteiger partial charge in [0, 0.05) is 29.2 Å². The number of unbranched alkanes of at least 4 members (excludes halogenated alkanes) is 4. The number of aliphatic imine (C=N–C) groups is 1. The van der Waals surface area contributed by atoms with Crippen LogP contribution in [0.5, 0.6) is 0 Å². The van der Waals surface area contributed by atoms with Crippen molar-refractivity contribution in [3.63, 3.8) is 0 Å². The normalized spacial score (nSPS) is 16.6. The molecule has 6 nitrogen and oxygen atoms in total. The Hall–Kier alpha value is -3.45. The van der Waals surface area contributed by atoms with E-state index >= 15 is 0 Å². The predicted octanol–water partition coefficient (Wildman–Crippen LogP) is 6.98. The lowest BCUT2D eigenvalue weighted by Crippen LogP contribution is -2.35. The average Bonchev–Trinajstić information content (AvgIpc) is 3.43. The molecule has 0 aliphatic carbocycles. The molecule has 3 heterocycles. The maximum absolute atomic E-state index is 13.0. The van der Waals surface area contributed by atoms with Crippen molar-refractivity contribution in [2.75, 3.05) is 0 Å². The molecule has 0 atom stereocenters. The quantitative estimate of drug-likeness (QED) is 0.256. The Morgan fingerprint density at radius 2 is 1.89 bits per heavy atom. The van der Waals surface area contributed by atoms with Crippen molar-refractivity contribution in [1.82, 2.24) is 9.58 Å². The first-order valence-electron chi connectivity index (χ1n) is 12.7. The van der Waals surface area contributed by atoms with Gasteiger partial charge in [-0.05, 0) is 49.2 Å². The number of thioether (sulfide) groups is 1. The molecule has 0 fully saturated rings. The van der Waals surface area contributed by atoms with E-state index in [9.17, 15) is 4.79 Å². The average molecular weight is 498 g/mol.